The Balaban J connectivity index is 1.21. The van der Waals surface area contributed by atoms with Crippen LogP contribution in [0.2, 0.25) is 0 Å². The summed E-state index contributed by atoms with van der Waals surface area (Å²) in [4.78, 5) is 144. The number of amides is 7. The molecular formula is C78H111F8N9O13. The minimum Gasteiger partial charge on any atom is -0.420 e. The molecule has 2 saturated heterocycles. The molecular weight excluding hydrogens is 1420 g/mol. The zero-order valence-corrected chi connectivity index (χ0v) is 64.6. The van der Waals surface area contributed by atoms with E-state index >= 15 is 0 Å². The molecule has 0 spiro atoms. The number of anilines is 1. The standard InChI is InChI=1S/C78H111F8N9O13/c1-15-46(8)70(93(12)75(103)54(43(2)3)40-58(98)69(45(6)7)92(10)11)59(106-13)41-62(100)95-34-20-25-55(95)71(107-14)47(9)56(96)38-52(36-48-22-17-16-18-23-48)73(101)89-42-49-27-29-53(30-28-49)90-74(102)50(24-19-32-88-77(87)105)37-57(97)68(44(4)5)91-61(99)26-21-33-94-35-31-51(39-60(94)78(84,85)86)76(104)108-72-66(82)64(80)63(79)65(81)67(72)83/h16-18,22-23,27-30,43-47,50-52,54-55,59-60,68-71H,15,19-21,24-26,31-42H2,1-14H3,(H,89,101)(H,90,102)(H,91,99)(H3,87,88,105)/t46-,47-,50+,51+,52+,54-,55-,59+,60-,68-,69-,70-,71+/m0/s1. The van der Waals surface area contributed by atoms with Gasteiger partial charge in [-0.3, -0.25) is 53.0 Å². The van der Waals surface area contributed by atoms with E-state index in [1.807, 2.05) is 90.9 Å². The van der Waals surface area contributed by atoms with Crippen molar-refractivity contribution in [2.45, 2.75) is 207 Å². The maximum absolute atomic E-state index is 14.7. The zero-order chi connectivity index (χ0) is 80.8. The minimum absolute atomic E-state index is 0.0123. The second-order valence-electron chi connectivity index (χ2n) is 30.1. The van der Waals surface area contributed by atoms with E-state index in [1.54, 1.807) is 61.9 Å². The number of nitrogens with two attached hydrogens (primary N) is 1. The largest absolute Gasteiger partial charge is 0.420 e. The van der Waals surface area contributed by atoms with E-state index in [-0.39, 0.29) is 125 Å². The van der Waals surface area contributed by atoms with Crippen molar-refractivity contribution in [1.29, 1.82) is 0 Å². The Hall–Kier alpha value is -7.96. The molecule has 7 amide bonds. The van der Waals surface area contributed by atoms with E-state index in [9.17, 15) is 83.1 Å². The summed E-state index contributed by atoms with van der Waals surface area (Å²) in [5, 5.41) is 10.9. The van der Waals surface area contributed by atoms with Crippen molar-refractivity contribution in [2.24, 2.45) is 59.0 Å². The summed E-state index contributed by atoms with van der Waals surface area (Å²) >= 11 is 0. The number of piperidine rings is 1. The first kappa shape index (κ1) is 90.7. The van der Waals surface area contributed by atoms with E-state index in [4.69, 9.17) is 15.2 Å². The second-order valence-corrected chi connectivity index (χ2v) is 30.1. The molecule has 22 nitrogen and oxygen atoms in total. The summed E-state index contributed by atoms with van der Waals surface area (Å²) in [5.74, 6) is -24.6. The van der Waals surface area contributed by atoms with Crippen molar-refractivity contribution >= 4 is 64.6 Å². The number of nitrogens with zero attached hydrogens (tertiary/aromatic N) is 4. The highest BCUT2D eigenvalue weighted by Gasteiger charge is 2.49. The third-order valence-corrected chi connectivity index (χ3v) is 21.1. The van der Waals surface area contributed by atoms with Crippen molar-refractivity contribution in [2.75, 3.05) is 66.9 Å². The van der Waals surface area contributed by atoms with Crippen LogP contribution in [0.1, 0.15) is 157 Å². The first-order valence-electron chi connectivity index (χ1n) is 37.2. The Kier molecular flexibility index (Phi) is 35.5. The van der Waals surface area contributed by atoms with Gasteiger partial charge in [-0.15, -0.1) is 0 Å². The molecule has 0 aromatic heterocycles. The third kappa shape index (κ3) is 25.3. The average molecular weight is 1530 g/mol. The highest BCUT2D eigenvalue weighted by atomic mass is 19.4. The number of urea groups is 1. The smallest absolute Gasteiger partial charge is 0.404 e. The van der Waals surface area contributed by atoms with Crippen LogP contribution in [0.4, 0.5) is 45.6 Å². The SMILES string of the molecule is CC[C@H](C)[C@@H]([C@@H](CC(=O)N1CCC[C@H]1[C@H](OC)[C@@H](C)C(=O)C[C@@H](Cc1ccccc1)C(=O)NCc1ccc(NC(=O)[C@H](CCCNC(N)=O)CC(=O)[C@@H](NC(=O)CCCN2CC[C@@H](C(=O)Oc3c(F)c(F)c(F)c(F)c3F)C[C@H]2C(F)(F)F)C(C)C)cc1)OC)N(C)C(=O)[C@@H](CC(=O)[C@H](C(C)C)N(C)C)C(C)C. The molecule has 2 aliphatic rings. The number of alkyl halides is 3. The van der Waals surface area contributed by atoms with Gasteiger partial charge in [-0.2, -0.15) is 22.0 Å². The Morgan fingerprint density at radius 1 is 0.676 bits per heavy atom. The maximum Gasteiger partial charge on any atom is 0.404 e. The van der Waals surface area contributed by atoms with Crippen molar-refractivity contribution in [3.63, 3.8) is 0 Å². The number of hydrogen-bond acceptors (Lipinski definition) is 15. The zero-order valence-electron chi connectivity index (χ0n) is 64.6. The number of esters is 1. The molecule has 13 atom stereocenters. The van der Waals surface area contributed by atoms with Gasteiger partial charge in [0.25, 0.3) is 0 Å². The molecule has 2 aliphatic heterocycles. The number of methoxy groups -OCH3 is 2. The summed E-state index contributed by atoms with van der Waals surface area (Å²) in [7, 11) is 8.47. The Morgan fingerprint density at radius 3 is 1.85 bits per heavy atom. The van der Waals surface area contributed by atoms with E-state index in [0.29, 0.717) is 37.1 Å². The molecule has 0 saturated carbocycles. The highest BCUT2D eigenvalue weighted by Crippen LogP contribution is 2.38. The van der Waals surface area contributed by atoms with E-state index < -0.39 is 168 Å². The Bertz CT molecular complexity index is 3500. The molecule has 5 rings (SSSR count). The van der Waals surface area contributed by atoms with Crippen LogP contribution in [0, 0.1) is 82.3 Å². The molecule has 3 aromatic rings. The Morgan fingerprint density at radius 2 is 1.30 bits per heavy atom. The van der Waals surface area contributed by atoms with Crippen LogP contribution in [-0.2, 0) is 65.6 Å². The number of ketones is 3. The molecule has 108 heavy (non-hydrogen) atoms. The minimum atomic E-state index is -4.98. The number of Topliss-reactive ketones (excluding diaryl/α,β-unsaturated/α-hetero) is 3. The fourth-order valence-corrected chi connectivity index (χ4v) is 14.9. The van der Waals surface area contributed by atoms with Gasteiger partial charge in [-0.05, 0) is 125 Å². The fraction of sp³-hybridized carbons (Fsp3) is 0.641. The Labute approximate surface area is 628 Å². The van der Waals surface area contributed by atoms with Crippen LogP contribution in [0.25, 0.3) is 0 Å². The van der Waals surface area contributed by atoms with Crippen LogP contribution in [0.5, 0.6) is 5.75 Å². The van der Waals surface area contributed by atoms with Gasteiger partial charge in [0, 0.05) is 95.9 Å². The van der Waals surface area contributed by atoms with E-state index in [2.05, 4.69) is 26.0 Å². The molecule has 0 unspecified atom stereocenters. The van der Waals surface area contributed by atoms with Crippen molar-refractivity contribution < 1.29 is 97.3 Å². The molecule has 30 heteroatoms. The number of carbonyl (C=O) groups excluding carboxylic acids is 10. The van der Waals surface area contributed by atoms with E-state index in [0.717, 1.165) is 10.5 Å². The molecule has 0 aliphatic carbocycles. The number of benzene rings is 3. The predicted molar refractivity (Wildman–Crippen MR) is 389 cm³/mol. The molecule has 6 N–H and O–H groups in total. The quantitative estimate of drug-likeness (QED) is 0.00880. The predicted octanol–water partition coefficient (Wildman–Crippen LogP) is 10.7. The lowest BCUT2D eigenvalue weighted by Gasteiger charge is -2.41. The van der Waals surface area contributed by atoms with Gasteiger partial charge < -0.3 is 51.0 Å². The lowest BCUT2D eigenvalue weighted by Crippen LogP contribution is -2.54. The number of halogens is 8. The number of hydrogen-bond donors (Lipinski definition) is 5. The van der Waals surface area contributed by atoms with Crippen molar-refractivity contribution in [1.82, 2.24) is 35.6 Å². The van der Waals surface area contributed by atoms with Gasteiger partial charge in [0.1, 0.15) is 11.8 Å². The van der Waals surface area contributed by atoms with Crippen LogP contribution < -0.4 is 31.7 Å². The molecule has 2 heterocycles. The topological polar surface area (TPSA) is 285 Å². The number of likely N-dealkylation sites (N-methyl/N-ethyl adjacent to an activating group) is 2. The fourth-order valence-electron chi connectivity index (χ4n) is 14.9. The number of ether oxygens (including phenoxy) is 3. The molecule has 0 radical (unpaired) electrons. The van der Waals surface area contributed by atoms with Gasteiger partial charge in [-0.1, -0.05) is 111 Å². The number of carbonyl (C=O) groups is 10. The van der Waals surface area contributed by atoms with Crippen molar-refractivity contribution in [3.05, 3.63) is 94.8 Å². The van der Waals surface area contributed by atoms with Gasteiger partial charge >= 0.3 is 18.2 Å². The number of nitrogens with one attached hydrogen (secondary N) is 4. The van der Waals surface area contributed by atoms with Crippen LogP contribution in [0.15, 0.2) is 54.6 Å². The third-order valence-electron chi connectivity index (χ3n) is 21.1. The van der Waals surface area contributed by atoms with Crippen molar-refractivity contribution in [3.8, 4) is 5.75 Å². The monoisotopic (exact) mass is 1530 g/mol. The normalized spacial score (nSPS) is 18.5. The van der Waals surface area contributed by atoms with Gasteiger partial charge in [0.05, 0.1) is 48.7 Å². The number of likely N-dealkylation sites (tertiary alicyclic amines) is 2. The average Bonchev–Trinajstić information content (AvgIpc) is 1.49. The first-order chi connectivity index (χ1) is 50.8. The molecule has 2 fully saturated rings. The summed E-state index contributed by atoms with van der Waals surface area (Å²) in [5.41, 5.74) is 7.00. The highest BCUT2D eigenvalue weighted by molar-refractivity contribution is 5.97. The number of primary amides is 1. The van der Waals surface area contributed by atoms with Gasteiger partial charge in [0.2, 0.25) is 64.4 Å². The number of rotatable bonds is 42. The second kappa shape index (κ2) is 42.3. The van der Waals surface area contributed by atoms with Crippen LogP contribution in [-0.4, -0.2) is 189 Å². The van der Waals surface area contributed by atoms with Gasteiger partial charge in [-0.25, -0.2) is 18.0 Å². The molecule has 0 bridgehead atoms. The summed E-state index contributed by atoms with van der Waals surface area (Å²) in [6.45, 7) is 16.5. The van der Waals surface area contributed by atoms with Crippen LogP contribution >= 0.6 is 0 Å². The maximum atomic E-state index is 14.7. The first-order valence-corrected chi connectivity index (χ1v) is 37.2. The summed E-state index contributed by atoms with van der Waals surface area (Å²) < 4.78 is 130. The lowest BCUT2D eigenvalue weighted by atomic mass is 9.83. The summed E-state index contributed by atoms with van der Waals surface area (Å²) in [6.07, 6.45) is -6.64. The van der Waals surface area contributed by atoms with Crippen LogP contribution in [0.3, 0.4) is 0 Å². The summed E-state index contributed by atoms with van der Waals surface area (Å²) in [6, 6.07) is 9.99. The van der Waals surface area contributed by atoms with E-state index in [1.165, 1.54) is 14.2 Å². The molecule has 3 aromatic carbocycles. The lowest BCUT2D eigenvalue weighted by molar-refractivity contribution is -0.197. The van der Waals surface area contributed by atoms with Gasteiger partial charge in [0.15, 0.2) is 11.6 Å². The molecule has 602 valence electrons.